The molecule has 0 spiro atoms. The fraction of sp³-hybridized carbons (Fsp3) is 0.727. The second-order valence-electron chi connectivity index (χ2n) is 13.8. The van der Waals surface area contributed by atoms with E-state index in [0.29, 0.717) is 19.3 Å². The van der Waals surface area contributed by atoms with Crippen molar-refractivity contribution in [1.82, 2.24) is 5.32 Å². The molecule has 0 aromatic rings. The number of carbonyl (C=O) groups is 2. The molecule has 0 bridgehead atoms. The van der Waals surface area contributed by atoms with Gasteiger partial charge in [0.05, 0.1) is 25.2 Å². The molecular weight excluding hydrogens is 622 g/mol. The highest BCUT2D eigenvalue weighted by atomic mass is 16.5. The van der Waals surface area contributed by atoms with Crippen LogP contribution < -0.4 is 5.32 Å². The Labute approximate surface area is 308 Å². The van der Waals surface area contributed by atoms with Crippen LogP contribution in [0.25, 0.3) is 0 Å². The van der Waals surface area contributed by atoms with Gasteiger partial charge < -0.3 is 20.3 Å². The summed E-state index contributed by atoms with van der Waals surface area (Å²) in [5.74, 6) is -0.614. The first-order valence-corrected chi connectivity index (χ1v) is 20.6. The summed E-state index contributed by atoms with van der Waals surface area (Å²) in [4.78, 5) is 25.8. The molecule has 6 nitrogen and oxygen atoms in total. The molecule has 3 unspecified atom stereocenters. The average Bonchev–Trinajstić information content (AvgIpc) is 3.10. The van der Waals surface area contributed by atoms with Gasteiger partial charge in [0.25, 0.3) is 0 Å². The zero-order chi connectivity index (χ0) is 36.8. The molecule has 50 heavy (non-hydrogen) atoms. The summed E-state index contributed by atoms with van der Waals surface area (Å²) in [7, 11) is 0. The highest BCUT2D eigenvalue weighted by Crippen LogP contribution is 2.15. The lowest BCUT2D eigenvalue weighted by molar-refractivity contribution is -0.150. The molecule has 3 N–H and O–H groups in total. The number of allylic oxidation sites excluding steroid dienone is 9. The minimum atomic E-state index is -0.814. The number of nitrogens with one attached hydrogen (secondary N) is 1. The van der Waals surface area contributed by atoms with Crippen LogP contribution in [0.5, 0.6) is 0 Å². The smallest absolute Gasteiger partial charge is 0.306 e. The van der Waals surface area contributed by atoms with Gasteiger partial charge in [-0.05, 0) is 19.3 Å². The number of ether oxygens (including phenoxy) is 1. The molecule has 1 amide bonds. The van der Waals surface area contributed by atoms with Gasteiger partial charge in [0.1, 0.15) is 6.10 Å². The third kappa shape index (κ3) is 32.7. The number of carbonyl (C=O) groups excluding carboxylic acids is 2. The van der Waals surface area contributed by atoms with E-state index in [9.17, 15) is 19.8 Å². The van der Waals surface area contributed by atoms with Crippen molar-refractivity contribution in [2.24, 2.45) is 0 Å². The zero-order valence-electron chi connectivity index (χ0n) is 32.5. The van der Waals surface area contributed by atoms with Gasteiger partial charge >= 0.3 is 5.97 Å². The fourth-order valence-corrected chi connectivity index (χ4v) is 5.86. The molecule has 0 aliphatic heterocycles. The monoisotopic (exact) mass is 700 g/mol. The molecule has 288 valence electrons. The molecule has 0 saturated heterocycles. The van der Waals surface area contributed by atoms with E-state index in [-0.39, 0.29) is 24.9 Å². The van der Waals surface area contributed by atoms with Crippen LogP contribution in [0.4, 0.5) is 0 Å². The van der Waals surface area contributed by atoms with Crippen LogP contribution in [-0.4, -0.2) is 46.9 Å². The van der Waals surface area contributed by atoms with E-state index in [4.69, 9.17) is 4.74 Å². The van der Waals surface area contributed by atoms with Crippen LogP contribution in [0, 0.1) is 0 Å². The highest BCUT2D eigenvalue weighted by molar-refractivity contribution is 5.77. The molecule has 0 aromatic carbocycles. The second-order valence-corrected chi connectivity index (χ2v) is 13.8. The SMILES string of the molecule is CC/C=C/C=C/C=C\C=C/C=C/CC(CC(=O)NC(CO)C(O)CCCCCCCCCCCC)OC(=O)CCCCCCCCCCCC. The van der Waals surface area contributed by atoms with Crippen LogP contribution in [0.3, 0.4) is 0 Å². The van der Waals surface area contributed by atoms with Crippen molar-refractivity contribution in [2.45, 2.75) is 200 Å². The van der Waals surface area contributed by atoms with Crippen LogP contribution in [-0.2, 0) is 14.3 Å². The van der Waals surface area contributed by atoms with Crippen LogP contribution in [0.2, 0.25) is 0 Å². The summed E-state index contributed by atoms with van der Waals surface area (Å²) in [6.45, 7) is 6.24. The average molecular weight is 700 g/mol. The van der Waals surface area contributed by atoms with Gasteiger partial charge in [-0.2, -0.15) is 0 Å². The lowest BCUT2D eigenvalue weighted by Crippen LogP contribution is -2.46. The van der Waals surface area contributed by atoms with E-state index < -0.39 is 18.2 Å². The van der Waals surface area contributed by atoms with Crippen LogP contribution in [0.15, 0.2) is 60.8 Å². The molecule has 0 heterocycles. The molecule has 6 heteroatoms. The van der Waals surface area contributed by atoms with Gasteiger partial charge in [0.2, 0.25) is 5.91 Å². The minimum Gasteiger partial charge on any atom is -0.461 e. The zero-order valence-corrected chi connectivity index (χ0v) is 32.5. The maximum atomic E-state index is 13.0. The first-order chi connectivity index (χ1) is 24.5. The number of aliphatic hydroxyl groups excluding tert-OH is 2. The summed E-state index contributed by atoms with van der Waals surface area (Å²) < 4.78 is 5.78. The number of hydrogen-bond acceptors (Lipinski definition) is 5. The van der Waals surface area contributed by atoms with Gasteiger partial charge in [-0.25, -0.2) is 0 Å². The van der Waals surface area contributed by atoms with E-state index in [1.807, 2.05) is 54.7 Å². The first kappa shape index (κ1) is 47.6. The summed E-state index contributed by atoms with van der Waals surface area (Å²) in [6.07, 6.45) is 44.5. The van der Waals surface area contributed by atoms with Gasteiger partial charge in [0.15, 0.2) is 0 Å². The molecule has 0 aliphatic carbocycles. The van der Waals surface area contributed by atoms with Gasteiger partial charge in [-0.1, -0.05) is 204 Å². The normalized spacial score (nSPS) is 14.1. The van der Waals surface area contributed by atoms with Crippen molar-refractivity contribution in [1.29, 1.82) is 0 Å². The molecule has 0 rings (SSSR count). The van der Waals surface area contributed by atoms with E-state index in [1.54, 1.807) is 0 Å². The van der Waals surface area contributed by atoms with E-state index >= 15 is 0 Å². The number of rotatable bonds is 35. The maximum Gasteiger partial charge on any atom is 0.306 e. The Hall–Kier alpha value is -2.44. The third-order valence-corrected chi connectivity index (χ3v) is 8.99. The summed E-state index contributed by atoms with van der Waals surface area (Å²) in [5, 5.41) is 23.4. The summed E-state index contributed by atoms with van der Waals surface area (Å²) >= 11 is 0. The topological polar surface area (TPSA) is 95.9 Å². The van der Waals surface area contributed by atoms with Crippen molar-refractivity contribution >= 4 is 11.9 Å². The molecule has 0 aromatic heterocycles. The van der Waals surface area contributed by atoms with Crippen molar-refractivity contribution in [3.8, 4) is 0 Å². The largest absolute Gasteiger partial charge is 0.461 e. The number of hydrogen-bond donors (Lipinski definition) is 3. The standard InChI is InChI=1S/C44H77NO5/c1-4-7-10-13-16-19-22-23-26-29-32-35-40(50-44(49)37-34-31-28-25-21-18-15-12-9-6-3)38-43(48)45-41(39-46)42(47)36-33-30-27-24-20-17-14-11-8-5-2/h7,10,13,16,19,22-23,26,29,32,40-42,46-47H,4-6,8-9,11-12,14-15,17-18,20-21,24-25,27-28,30-31,33-39H2,1-3H3,(H,45,48)/b10-7+,16-13+,22-19-,26-23-,32-29+. The van der Waals surface area contributed by atoms with Gasteiger partial charge in [0, 0.05) is 12.8 Å². The molecule has 0 fully saturated rings. The van der Waals surface area contributed by atoms with E-state index in [0.717, 1.165) is 44.9 Å². The van der Waals surface area contributed by atoms with E-state index in [1.165, 1.54) is 89.9 Å². The van der Waals surface area contributed by atoms with Gasteiger partial charge in [-0.3, -0.25) is 9.59 Å². The Balaban J connectivity index is 4.79. The van der Waals surface area contributed by atoms with Crippen molar-refractivity contribution < 1.29 is 24.5 Å². The first-order valence-electron chi connectivity index (χ1n) is 20.6. The Morgan fingerprint density at radius 1 is 0.600 bits per heavy atom. The number of amides is 1. The predicted molar refractivity (Wildman–Crippen MR) is 213 cm³/mol. The lowest BCUT2D eigenvalue weighted by Gasteiger charge is -2.24. The quantitative estimate of drug-likeness (QED) is 0.0348. The molecule has 3 atom stereocenters. The molecule has 0 saturated carbocycles. The maximum absolute atomic E-state index is 13.0. The Morgan fingerprint density at radius 3 is 1.52 bits per heavy atom. The number of esters is 1. The minimum absolute atomic E-state index is 0.0186. The third-order valence-electron chi connectivity index (χ3n) is 8.99. The van der Waals surface area contributed by atoms with Crippen molar-refractivity contribution in [3.63, 3.8) is 0 Å². The Bertz CT molecular complexity index is 921. The van der Waals surface area contributed by atoms with E-state index in [2.05, 4.69) is 32.2 Å². The number of unbranched alkanes of at least 4 members (excludes halogenated alkanes) is 18. The molecular formula is C44H77NO5. The molecule has 0 aliphatic rings. The number of aliphatic hydroxyl groups is 2. The summed E-state index contributed by atoms with van der Waals surface area (Å²) in [6, 6.07) is -0.735. The van der Waals surface area contributed by atoms with Crippen LogP contribution in [0.1, 0.15) is 181 Å². The second kappa shape index (κ2) is 37.8. The molecule has 0 radical (unpaired) electrons. The Morgan fingerprint density at radius 2 is 1.04 bits per heavy atom. The van der Waals surface area contributed by atoms with Crippen molar-refractivity contribution in [3.05, 3.63) is 60.8 Å². The summed E-state index contributed by atoms with van der Waals surface area (Å²) in [5.41, 5.74) is 0. The van der Waals surface area contributed by atoms with Gasteiger partial charge in [-0.15, -0.1) is 0 Å². The fourth-order valence-electron chi connectivity index (χ4n) is 5.86. The Kier molecular flexibility index (Phi) is 36.0. The lowest BCUT2D eigenvalue weighted by atomic mass is 10.0. The highest BCUT2D eigenvalue weighted by Gasteiger charge is 2.23. The van der Waals surface area contributed by atoms with Crippen LogP contribution >= 0.6 is 0 Å². The predicted octanol–water partition coefficient (Wildman–Crippen LogP) is 11.3. The van der Waals surface area contributed by atoms with Crippen molar-refractivity contribution in [2.75, 3.05) is 6.61 Å².